The second-order valence-electron chi connectivity index (χ2n) is 4.69. The molecule has 0 spiro atoms. The van der Waals surface area contributed by atoms with Crippen molar-refractivity contribution in [2.45, 2.75) is 45.1 Å². The fourth-order valence-electron chi connectivity index (χ4n) is 2.60. The standard InChI is InChI=1S/C10H19NO2S/c1-9-3-5-10(6-4-9)11-7-2-8-14(11,12)13/h9-10H,2-8H2,1H3. The van der Waals surface area contributed by atoms with Crippen LogP contribution in [0.3, 0.4) is 0 Å². The third-order valence-corrected chi connectivity index (χ3v) is 5.53. The van der Waals surface area contributed by atoms with E-state index in [1.807, 2.05) is 0 Å². The summed E-state index contributed by atoms with van der Waals surface area (Å²) in [6.45, 7) is 3.02. The van der Waals surface area contributed by atoms with E-state index in [1.54, 1.807) is 4.31 Å². The Morgan fingerprint density at radius 2 is 1.79 bits per heavy atom. The molecule has 0 amide bonds. The Kier molecular flexibility index (Phi) is 2.84. The van der Waals surface area contributed by atoms with Gasteiger partial charge >= 0.3 is 0 Å². The molecule has 0 aromatic carbocycles. The maximum absolute atomic E-state index is 11.7. The van der Waals surface area contributed by atoms with Gasteiger partial charge in [-0.15, -0.1) is 0 Å². The van der Waals surface area contributed by atoms with Gasteiger partial charge in [-0.25, -0.2) is 8.42 Å². The van der Waals surface area contributed by atoms with Crippen LogP contribution in [0.25, 0.3) is 0 Å². The van der Waals surface area contributed by atoms with Gasteiger partial charge in [0.15, 0.2) is 0 Å². The Hall–Kier alpha value is -0.0900. The molecule has 1 saturated carbocycles. The van der Waals surface area contributed by atoms with Crippen LogP contribution in [0.1, 0.15) is 39.0 Å². The third kappa shape index (κ3) is 1.96. The Bertz CT molecular complexity index is 291. The van der Waals surface area contributed by atoms with Crippen LogP contribution in [0.5, 0.6) is 0 Å². The molecular weight excluding hydrogens is 198 g/mol. The van der Waals surface area contributed by atoms with Gasteiger partial charge in [-0.2, -0.15) is 4.31 Å². The van der Waals surface area contributed by atoms with Crippen LogP contribution in [0.2, 0.25) is 0 Å². The number of rotatable bonds is 1. The number of sulfonamides is 1. The lowest BCUT2D eigenvalue weighted by atomic mass is 9.87. The summed E-state index contributed by atoms with van der Waals surface area (Å²) in [6.07, 6.45) is 5.35. The number of nitrogens with zero attached hydrogens (tertiary/aromatic N) is 1. The van der Waals surface area contributed by atoms with E-state index in [1.165, 1.54) is 12.8 Å². The summed E-state index contributed by atoms with van der Waals surface area (Å²) in [5.41, 5.74) is 0. The summed E-state index contributed by atoms with van der Waals surface area (Å²) in [7, 11) is -2.87. The third-order valence-electron chi connectivity index (χ3n) is 3.53. The Balaban J connectivity index is 2.02. The minimum absolute atomic E-state index is 0.318. The lowest BCUT2D eigenvalue weighted by Crippen LogP contribution is -2.38. The molecule has 3 nitrogen and oxygen atoms in total. The zero-order valence-electron chi connectivity index (χ0n) is 8.78. The summed E-state index contributed by atoms with van der Waals surface area (Å²) >= 11 is 0. The smallest absolute Gasteiger partial charge is 0.212 e. The predicted molar refractivity (Wildman–Crippen MR) is 56.5 cm³/mol. The highest BCUT2D eigenvalue weighted by Crippen LogP contribution is 2.30. The highest BCUT2D eigenvalue weighted by molar-refractivity contribution is 7.89. The normalized spacial score (nSPS) is 38.6. The van der Waals surface area contributed by atoms with Gasteiger partial charge in [0.05, 0.1) is 5.75 Å². The quantitative estimate of drug-likeness (QED) is 0.669. The second kappa shape index (κ2) is 3.81. The van der Waals surface area contributed by atoms with Gasteiger partial charge in [-0.1, -0.05) is 6.92 Å². The van der Waals surface area contributed by atoms with E-state index in [0.717, 1.165) is 31.7 Å². The van der Waals surface area contributed by atoms with Gasteiger partial charge in [0.1, 0.15) is 0 Å². The first kappa shape index (κ1) is 10.4. The van der Waals surface area contributed by atoms with E-state index >= 15 is 0 Å². The molecule has 14 heavy (non-hydrogen) atoms. The summed E-state index contributed by atoms with van der Waals surface area (Å²) in [5.74, 6) is 1.16. The molecule has 1 aliphatic carbocycles. The predicted octanol–water partition coefficient (Wildman–Crippen LogP) is 1.60. The van der Waals surface area contributed by atoms with Crippen LogP contribution < -0.4 is 0 Å². The first-order valence-electron chi connectivity index (χ1n) is 5.59. The largest absolute Gasteiger partial charge is 0.214 e. The van der Waals surface area contributed by atoms with Crippen molar-refractivity contribution in [2.24, 2.45) is 5.92 Å². The average molecular weight is 217 g/mol. The molecule has 1 saturated heterocycles. The molecule has 2 aliphatic rings. The summed E-state index contributed by atoms with van der Waals surface area (Å²) < 4.78 is 25.1. The maximum Gasteiger partial charge on any atom is 0.214 e. The van der Waals surface area contributed by atoms with E-state index in [2.05, 4.69) is 6.92 Å². The van der Waals surface area contributed by atoms with E-state index in [-0.39, 0.29) is 0 Å². The topological polar surface area (TPSA) is 37.4 Å². The van der Waals surface area contributed by atoms with Crippen LogP contribution in [0.4, 0.5) is 0 Å². The molecule has 0 aromatic rings. The van der Waals surface area contributed by atoms with Crippen molar-refractivity contribution >= 4 is 10.0 Å². The molecular formula is C10H19NO2S. The molecule has 0 radical (unpaired) electrons. The van der Waals surface area contributed by atoms with Crippen molar-refractivity contribution in [1.82, 2.24) is 4.31 Å². The fraction of sp³-hybridized carbons (Fsp3) is 1.00. The van der Waals surface area contributed by atoms with E-state index in [4.69, 9.17) is 0 Å². The summed E-state index contributed by atoms with van der Waals surface area (Å²) in [6, 6.07) is 0.318. The monoisotopic (exact) mass is 217 g/mol. The van der Waals surface area contributed by atoms with E-state index in [9.17, 15) is 8.42 Å². The first-order valence-corrected chi connectivity index (χ1v) is 7.20. The summed E-state index contributed by atoms with van der Waals surface area (Å²) in [5, 5.41) is 0. The molecule has 2 rings (SSSR count). The molecule has 0 unspecified atom stereocenters. The zero-order chi connectivity index (χ0) is 10.2. The first-order chi connectivity index (χ1) is 6.59. The SMILES string of the molecule is CC1CCC(N2CCCS2(=O)=O)CC1. The number of hydrogen-bond donors (Lipinski definition) is 0. The molecule has 4 heteroatoms. The van der Waals surface area contributed by atoms with E-state index < -0.39 is 10.0 Å². The molecule has 0 N–H and O–H groups in total. The van der Waals surface area contributed by atoms with Crippen molar-refractivity contribution in [3.63, 3.8) is 0 Å². The molecule has 1 aliphatic heterocycles. The van der Waals surface area contributed by atoms with Gasteiger partial charge in [-0.05, 0) is 38.0 Å². The lowest BCUT2D eigenvalue weighted by molar-refractivity contribution is 0.232. The molecule has 0 atom stereocenters. The van der Waals surface area contributed by atoms with Gasteiger partial charge in [0, 0.05) is 12.6 Å². The molecule has 0 bridgehead atoms. The molecule has 0 aromatic heterocycles. The second-order valence-corrected chi connectivity index (χ2v) is 6.74. The Morgan fingerprint density at radius 1 is 1.14 bits per heavy atom. The fourth-order valence-corrected chi connectivity index (χ4v) is 4.40. The van der Waals surface area contributed by atoms with Crippen LogP contribution >= 0.6 is 0 Å². The highest BCUT2D eigenvalue weighted by atomic mass is 32.2. The maximum atomic E-state index is 11.7. The van der Waals surface area contributed by atoms with Gasteiger partial charge in [-0.3, -0.25) is 0 Å². The number of hydrogen-bond acceptors (Lipinski definition) is 2. The van der Waals surface area contributed by atoms with Crippen LogP contribution in [0, 0.1) is 5.92 Å². The van der Waals surface area contributed by atoms with Crippen molar-refractivity contribution in [2.75, 3.05) is 12.3 Å². The van der Waals surface area contributed by atoms with Crippen molar-refractivity contribution in [3.8, 4) is 0 Å². The minimum Gasteiger partial charge on any atom is -0.212 e. The van der Waals surface area contributed by atoms with Gasteiger partial charge < -0.3 is 0 Å². The van der Waals surface area contributed by atoms with Crippen LogP contribution in [-0.4, -0.2) is 31.1 Å². The van der Waals surface area contributed by atoms with Crippen LogP contribution in [-0.2, 0) is 10.0 Å². The van der Waals surface area contributed by atoms with Gasteiger partial charge in [0.25, 0.3) is 0 Å². The van der Waals surface area contributed by atoms with Crippen molar-refractivity contribution < 1.29 is 8.42 Å². The van der Waals surface area contributed by atoms with E-state index in [0.29, 0.717) is 11.8 Å². The van der Waals surface area contributed by atoms with Crippen LogP contribution in [0.15, 0.2) is 0 Å². The molecule has 82 valence electrons. The van der Waals surface area contributed by atoms with Crippen molar-refractivity contribution in [3.05, 3.63) is 0 Å². The average Bonchev–Trinajstić information content (AvgIpc) is 2.47. The molecule has 1 heterocycles. The minimum atomic E-state index is -2.87. The Morgan fingerprint density at radius 3 is 2.29 bits per heavy atom. The molecule has 2 fully saturated rings. The highest BCUT2D eigenvalue weighted by Gasteiger charge is 2.35. The zero-order valence-corrected chi connectivity index (χ0v) is 9.59. The lowest BCUT2D eigenvalue weighted by Gasteiger charge is -2.32. The Labute approximate surface area is 86.5 Å². The van der Waals surface area contributed by atoms with Crippen molar-refractivity contribution in [1.29, 1.82) is 0 Å². The van der Waals surface area contributed by atoms with Gasteiger partial charge in [0.2, 0.25) is 10.0 Å². The summed E-state index contributed by atoms with van der Waals surface area (Å²) in [4.78, 5) is 0.